The summed E-state index contributed by atoms with van der Waals surface area (Å²) in [6.07, 6.45) is 0. The summed E-state index contributed by atoms with van der Waals surface area (Å²) in [6.45, 7) is 3.90. The minimum Gasteiger partial charge on any atom is -0.384 e. The Labute approximate surface area is 124 Å². The third-order valence-electron chi connectivity index (χ3n) is 3.82. The molecule has 3 nitrogen and oxygen atoms in total. The van der Waals surface area contributed by atoms with Gasteiger partial charge in [0.25, 0.3) is 0 Å². The maximum atomic E-state index is 14.0. The van der Waals surface area contributed by atoms with E-state index in [9.17, 15) is 4.39 Å². The van der Waals surface area contributed by atoms with Crippen molar-refractivity contribution >= 4 is 11.5 Å². The van der Waals surface area contributed by atoms with Crippen molar-refractivity contribution in [2.24, 2.45) is 5.73 Å². The molecule has 0 aliphatic heterocycles. The molecule has 21 heavy (non-hydrogen) atoms. The molecule has 0 saturated heterocycles. The van der Waals surface area contributed by atoms with Crippen LogP contribution in [0.4, 0.5) is 10.1 Å². The number of amidine groups is 1. The van der Waals surface area contributed by atoms with Crippen LogP contribution < -0.4 is 10.6 Å². The maximum absolute atomic E-state index is 14.0. The second-order valence-corrected chi connectivity index (χ2v) is 5.19. The summed E-state index contributed by atoms with van der Waals surface area (Å²) >= 11 is 0. The summed E-state index contributed by atoms with van der Waals surface area (Å²) in [5, 5.41) is 7.73. The SMILES string of the molecule is Cc1cccc(C(=N)N)c1N(C)C(C)c1ccccc1F. The molecule has 0 saturated carbocycles. The number of nitrogens with one attached hydrogen (secondary N) is 1. The van der Waals surface area contributed by atoms with Crippen molar-refractivity contribution in [1.29, 1.82) is 5.41 Å². The van der Waals surface area contributed by atoms with Crippen molar-refractivity contribution in [2.45, 2.75) is 19.9 Å². The van der Waals surface area contributed by atoms with Gasteiger partial charge in [0, 0.05) is 18.2 Å². The molecule has 0 aliphatic carbocycles. The largest absolute Gasteiger partial charge is 0.384 e. The lowest BCUT2D eigenvalue weighted by molar-refractivity contribution is 0.585. The fraction of sp³-hybridized carbons (Fsp3) is 0.235. The molecule has 0 bridgehead atoms. The molecule has 2 aromatic carbocycles. The fourth-order valence-corrected chi connectivity index (χ4v) is 2.56. The van der Waals surface area contributed by atoms with Gasteiger partial charge < -0.3 is 10.6 Å². The first kappa shape index (κ1) is 15.0. The van der Waals surface area contributed by atoms with E-state index in [1.807, 2.05) is 50.1 Å². The minimum absolute atomic E-state index is 0.0151. The van der Waals surface area contributed by atoms with Gasteiger partial charge in [-0.1, -0.05) is 30.3 Å². The van der Waals surface area contributed by atoms with E-state index in [1.54, 1.807) is 12.1 Å². The molecule has 0 heterocycles. The van der Waals surface area contributed by atoms with Gasteiger partial charge in [0.2, 0.25) is 0 Å². The highest BCUT2D eigenvalue weighted by molar-refractivity contribution is 6.01. The van der Waals surface area contributed by atoms with Crippen LogP contribution in [-0.2, 0) is 0 Å². The molecule has 0 spiro atoms. The Morgan fingerprint density at radius 3 is 2.48 bits per heavy atom. The smallest absolute Gasteiger partial charge is 0.128 e. The summed E-state index contributed by atoms with van der Waals surface area (Å²) < 4.78 is 14.0. The lowest BCUT2D eigenvalue weighted by Crippen LogP contribution is -2.26. The topological polar surface area (TPSA) is 53.1 Å². The number of hydrogen-bond acceptors (Lipinski definition) is 2. The van der Waals surface area contributed by atoms with E-state index in [0.29, 0.717) is 11.1 Å². The number of halogens is 1. The Kier molecular flexibility index (Phi) is 4.26. The van der Waals surface area contributed by atoms with Gasteiger partial charge in [0.05, 0.1) is 11.7 Å². The molecule has 1 atom stereocenters. The predicted octanol–water partition coefficient (Wildman–Crippen LogP) is 3.62. The average molecular weight is 285 g/mol. The molecule has 0 aliphatic rings. The van der Waals surface area contributed by atoms with E-state index < -0.39 is 0 Å². The lowest BCUT2D eigenvalue weighted by Gasteiger charge is -2.30. The molecule has 1 unspecified atom stereocenters. The van der Waals surface area contributed by atoms with Gasteiger partial charge in [-0.25, -0.2) is 4.39 Å². The summed E-state index contributed by atoms with van der Waals surface area (Å²) in [5.74, 6) is -0.212. The molecule has 0 fully saturated rings. The van der Waals surface area contributed by atoms with Crippen LogP contribution in [0.1, 0.15) is 29.7 Å². The normalized spacial score (nSPS) is 12.0. The zero-order valence-electron chi connectivity index (χ0n) is 12.5. The van der Waals surface area contributed by atoms with Crippen molar-refractivity contribution in [2.75, 3.05) is 11.9 Å². The number of benzene rings is 2. The number of nitrogens with zero attached hydrogens (tertiary/aromatic N) is 1. The van der Waals surface area contributed by atoms with E-state index in [2.05, 4.69) is 0 Å². The van der Waals surface area contributed by atoms with Crippen LogP contribution in [0.2, 0.25) is 0 Å². The first-order valence-corrected chi connectivity index (χ1v) is 6.84. The molecule has 0 aromatic heterocycles. The van der Waals surface area contributed by atoms with Crippen molar-refractivity contribution in [3.05, 3.63) is 65.0 Å². The van der Waals surface area contributed by atoms with Crippen LogP contribution >= 0.6 is 0 Å². The molecule has 0 radical (unpaired) electrons. The van der Waals surface area contributed by atoms with E-state index in [4.69, 9.17) is 11.1 Å². The summed E-state index contributed by atoms with van der Waals surface area (Å²) in [7, 11) is 1.89. The van der Waals surface area contributed by atoms with E-state index in [-0.39, 0.29) is 17.7 Å². The van der Waals surface area contributed by atoms with Gasteiger partial charge in [-0.15, -0.1) is 0 Å². The number of nitrogen functional groups attached to an aromatic ring is 1. The van der Waals surface area contributed by atoms with Crippen LogP contribution in [0.15, 0.2) is 42.5 Å². The first-order valence-electron chi connectivity index (χ1n) is 6.84. The highest BCUT2D eigenvalue weighted by Gasteiger charge is 2.20. The Morgan fingerprint density at radius 2 is 1.86 bits per heavy atom. The van der Waals surface area contributed by atoms with Gasteiger partial charge in [-0.2, -0.15) is 0 Å². The van der Waals surface area contributed by atoms with Crippen LogP contribution in [0, 0.1) is 18.2 Å². The quantitative estimate of drug-likeness (QED) is 0.666. The van der Waals surface area contributed by atoms with Crippen LogP contribution in [0.3, 0.4) is 0 Å². The Hall–Kier alpha value is -2.36. The maximum Gasteiger partial charge on any atom is 0.128 e. The standard InChI is InChI=1S/C17H20FN3/c1-11-7-6-9-14(17(19)20)16(11)21(3)12(2)13-8-4-5-10-15(13)18/h4-10,12H,1-3H3,(H3,19,20). The lowest BCUT2D eigenvalue weighted by atomic mass is 10.0. The first-order chi connectivity index (χ1) is 9.93. The molecular weight excluding hydrogens is 265 g/mol. The van der Waals surface area contributed by atoms with Gasteiger partial charge in [0.1, 0.15) is 11.7 Å². The van der Waals surface area contributed by atoms with Gasteiger partial charge in [0.15, 0.2) is 0 Å². The molecule has 4 heteroatoms. The van der Waals surface area contributed by atoms with Gasteiger partial charge >= 0.3 is 0 Å². The van der Waals surface area contributed by atoms with Gasteiger partial charge in [-0.3, -0.25) is 5.41 Å². The van der Waals surface area contributed by atoms with Crippen molar-refractivity contribution in [3.8, 4) is 0 Å². The van der Waals surface area contributed by atoms with Crippen LogP contribution in [0.5, 0.6) is 0 Å². The summed E-state index contributed by atoms with van der Waals surface area (Å²) in [5.41, 5.74) is 8.83. The van der Waals surface area contributed by atoms with Crippen molar-refractivity contribution < 1.29 is 4.39 Å². The van der Waals surface area contributed by atoms with Crippen LogP contribution in [0.25, 0.3) is 0 Å². The highest BCUT2D eigenvalue weighted by Crippen LogP contribution is 2.31. The number of rotatable bonds is 4. The second kappa shape index (κ2) is 5.95. The van der Waals surface area contributed by atoms with Crippen molar-refractivity contribution in [1.82, 2.24) is 0 Å². The second-order valence-electron chi connectivity index (χ2n) is 5.19. The van der Waals surface area contributed by atoms with E-state index in [1.165, 1.54) is 6.07 Å². The average Bonchev–Trinajstić information content (AvgIpc) is 2.46. The number of para-hydroxylation sites is 1. The van der Waals surface area contributed by atoms with Gasteiger partial charge in [-0.05, 0) is 31.5 Å². The van der Waals surface area contributed by atoms with E-state index >= 15 is 0 Å². The van der Waals surface area contributed by atoms with E-state index in [0.717, 1.165) is 11.3 Å². The fourth-order valence-electron chi connectivity index (χ4n) is 2.56. The van der Waals surface area contributed by atoms with Crippen molar-refractivity contribution in [3.63, 3.8) is 0 Å². The third-order valence-corrected chi connectivity index (χ3v) is 3.82. The molecule has 3 N–H and O–H groups in total. The minimum atomic E-state index is -0.227. The number of anilines is 1. The molecule has 0 amide bonds. The highest BCUT2D eigenvalue weighted by atomic mass is 19.1. The Morgan fingerprint density at radius 1 is 1.19 bits per heavy atom. The monoisotopic (exact) mass is 285 g/mol. The zero-order valence-corrected chi connectivity index (χ0v) is 12.5. The Bertz CT molecular complexity index is 667. The third kappa shape index (κ3) is 2.89. The molecule has 2 aromatic rings. The molecule has 110 valence electrons. The van der Waals surface area contributed by atoms with Crippen LogP contribution in [-0.4, -0.2) is 12.9 Å². The molecule has 2 rings (SSSR count). The molecular formula is C17H20FN3. The number of aryl methyl sites for hydroxylation is 1. The zero-order chi connectivity index (χ0) is 15.6. The summed E-state index contributed by atoms with van der Waals surface area (Å²) in [6, 6.07) is 12.2. The number of nitrogens with two attached hydrogens (primary N) is 1. The Balaban J connectivity index is 2.48. The number of hydrogen-bond donors (Lipinski definition) is 2. The summed E-state index contributed by atoms with van der Waals surface area (Å²) in [4.78, 5) is 1.96. The predicted molar refractivity (Wildman–Crippen MR) is 85.4 cm³/mol.